The number of aryl methyl sites for hydroxylation is 1. The summed E-state index contributed by atoms with van der Waals surface area (Å²) in [4.78, 5) is 0. The molecular weight excluding hydrogens is 186 g/mol. The van der Waals surface area contributed by atoms with Gasteiger partial charge in [-0.1, -0.05) is 23.7 Å². The number of hydrogen-bond donors (Lipinski definition) is 1. The smallest absolute Gasteiger partial charge is 0.180 e. The average molecular weight is 198 g/mol. The second-order valence-electron chi connectivity index (χ2n) is 2.75. The molecule has 0 bridgehead atoms. The van der Waals surface area contributed by atoms with E-state index in [1.165, 1.54) is 12.7 Å². The number of benzene rings is 1. The second-order valence-corrected chi connectivity index (χ2v) is 3.19. The van der Waals surface area contributed by atoms with E-state index in [4.69, 9.17) is 21.7 Å². The maximum absolute atomic E-state index is 7.28. The van der Waals surface area contributed by atoms with Gasteiger partial charge in [0.25, 0.3) is 0 Å². The Morgan fingerprint density at radius 1 is 1.38 bits per heavy atom. The van der Waals surface area contributed by atoms with Gasteiger partial charge in [0.1, 0.15) is 0 Å². The summed E-state index contributed by atoms with van der Waals surface area (Å²) in [5, 5.41) is 8.02. The predicted octanol–water partition coefficient (Wildman–Crippen LogP) is 2.90. The van der Waals surface area contributed by atoms with Crippen molar-refractivity contribution in [2.24, 2.45) is 0 Å². The van der Waals surface area contributed by atoms with Crippen LogP contribution < -0.4 is 0 Å². The Labute approximate surface area is 83.0 Å². The molecule has 0 unspecified atom stereocenters. The molecule has 0 saturated heterocycles. The van der Waals surface area contributed by atoms with Gasteiger partial charge in [0.05, 0.1) is 7.11 Å². The van der Waals surface area contributed by atoms with E-state index in [2.05, 4.69) is 0 Å². The van der Waals surface area contributed by atoms with Crippen molar-refractivity contribution in [3.63, 3.8) is 0 Å². The van der Waals surface area contributed by atoms with Gasteiger partial charge in [-0.2, -0.15) is 0 Å². The van der Waals surface area contributed by atoms with Crippen LogP contribution in [0.25, 0.3) is 0 Å². The molecule has 0 aliphatic rings. The molecule has 13 heavy (non-hydrogen) atoms. The molecule has 0 atom stereocenters. The topological polar surface area (TPSA) is 33.1 Å². The molecule has 70 valence electrons. The zero-order valence-corrected chi connectivity index (χ0v) is 8.27. The lowest BCUT2D eigenvalue weighted by atomic mass is 10.1. The monoisotopic (exact) mass is 197 g/mol. The lowest BCUT2D eigenvalue weighted by Crippen LogP contribution is -2.00. The highest BCUT2D eigenvalue weighted by atomic mass is 35.5. The lowest BCUT2D eigenvalue weighted by molar-refractivity contribution is 0.386. The molecule has 0 fully saturated rings. The van der Waals surface area contributed by atoms with E-state index in [9.17, 15) is 0 Å². The first-order valence-corrected chi connectivity index (χ1v) is 4.46. The summed E-state index contributed by atoms with van der Waals surface area (Å²) in [6, 6.07) is 7.64. The minimum absolute atomic E-state index is 0.315. The molecular formula is C10H12ClNO. The second kappa shape index (κ2) is 4.87. The molecule has 0 aliphatic heterocycles. The van der Waals surface area contributed by atoms with E-state index < -0.39 is 0 Å². The summed E-state index contributed by atoms with van der Waals surface area (Å²) >= 11 is 5.73. The molecule has 2 nitrogen and oxygen atoms in total. The van der Waals surface area contributed by atoms with Crippen LogP contribution in [-0.4, -0.2) is 13.0 Å². The summed E-state index contributed by atoms with van der Waals surface area (Å²) in [5.74, 6) is 0.315. The standard InChI is InChI=1S/C10H12ClNO/c1-13-10(12)7-4-8-2-5-9(11)6-3-8/h2-3,5-6,12H,4,7H2,1H3. The van der Waals surface area contributed by atoms with Crippen LogP contribution in [-0.2, 0) is 11.2 Å². The molecule has 0 amide bonds. The third-order valence-electron chi connectivity index (χ3n) is 1.80. The maximum Gasteiger partial charge on any atom is 0.180 e. The van der Waals surface area contributed by atoms with Crippen molar-refractivity contribution >= 4 is 17.5 Å². The molecule has 0 heterocycles. The van der Waals surface area contributed by atoms with Gasteiger partial charge in [-0.05, 0) is 24.1 Å². The Morgan fingerprint density at radius 2 is 2.00 bits per heavy atom. The Morgan fingerprint density at radius 3 is 2.54 bits per heavy atom. The van der Waals surface area contributed by atoms with Crippen molar-refractivity contribution in [3.8, 4) is 0 Å². The van der Waals surface area contributed by atoms with Crippen LogP contribution in [0.1, 0.15) is 12.0 Å². The van der Waals surface area contributed by atoms with Crippen molar-refractivity contribution in [1.82, 2.24) is 0 Å². The number of ether oxygens (including phenoxy) is 1. The fraction of sp³-hybridized carbons (Fsp3) is 0.300. The molecule has 1 N–H and O–H groups in total. The highest BCUT2D eigenvalue weighted by Crippen LogP contribution is 2.10. The molecule has 1 rings (SSSR count). The summed E-state index contributed by atoms with van der Waals surface area (Å²) < 4.78 is 4.75. The summed E-state index contributed by atoms with van der Waals surface area (Å²) in [6.07, 6.45) is 1.46. The Bertz CT molecular complexity index is 281. The highest BCUT2D eigenvalue weighted by molar-refractivity contribution is 6.30. The molecule has 1 aromatic rings. The zero-order valence-electron chi connectivity index (χ0n) is 7.51. The van der Waals surface area contributed by atoms with Gasteiger partial charge < -0.3 is 4.74 Å². The Hall–Kier alpha value is -1.02. The van der Waals surface area contributed by atoms with E-state index in [-0.39, 0.29) is 0 Å². The third-order valence-corrected chi connectivity index (χ3v) is 2.05. The molecule has 0 radical (unpaired) electrons. The van der Waals surface area contributed by atoms with Crippen molar-refractivity contribution in [2.75, 3.05) is 7.11 Å². The number of halogens is 1. The zero-order chi connectivity index (χ0) is 9.68. The van der Waals surface area contributed by atoms with Crippen LogP contribution >= 0.6 is 11.6 Å². The molecule has 0 aliphatic carbocycles. The molecule has 3 heteroatoms. The van der Waals surface area contributed by atoms with E-state index >= 15 is 0 Å². The van der Waals surface area contributed by atoms with Gasteiger partial charge in [-0.15, -0.1) is 0 Å². The molecule has 0 saturated carbocycles. The van der Waals surface area contributed by atoms with Gasteiger partial charge in [-0.25, -0.2) is 0 Å². The highest BCUT2D eigenvalue weighted by Gasteiger charge is 1.97. The largest absolute Gasteiger partial charge is 0.484 e. The van der Waals surface area contributed by atoms with E-state index in [1.807, 2.05) is 24.3 Å². The fourth-order valence-electron chi connectivity index (χ4n) is 1.01. The van der Waals surface area contributed by atoms with Gasteiger partial charge >= 0.3 is 0 Å². The molecule has 1 aromatic carbocycles. The quantitative estimate of drug-likeness (QED) is 0.587. The van der Waals surface area contributed by atoms with Gasteiger partial charge in [0, 0.05) is 11.4 Å². The summed E-state index contributed by atoms with van der Waals surface area (Å²) in [7, 11) is 1.52. The van der Waals surface area contributed by atoms with Gasteiger partial charge in [0.2, 0.25) is 0 Å². The molecule has 0 aromatic heterocycles. The van der Waals surface area contributed by atoms with Gasteiger partial charge in [0.15, 0.2) is 5.90 Å². The number of methoxy groups -OCH3 is 1. The minimum Gasteiger partial charge on any atom is -0.484 e. The Balaban J connectivity index is 2.46. The van der Waals surface area contributed by atoms with Crippen LogP contribution in [0.4, 0.5) is 0 Å². The average Bonchev–Trinajstić information content (AvgIpc) is 2.16. The normalized spacial score (nSPS) is 9.69. The van der Waals surface area contributed by atoms with Crippen molar-refractivity contribution in [3.05, 3.63) is 34.9 Å². The number of nitrogens with one attached hydrogen (secondary N) is 1. The van der Waals surface area contributed by atoms with Crippen LogP contribution in [0.5, 0.6) is 0 Å². The van der Waals surface area contributed by atoms with Crippen LogP contribution in [0, 0.1) is 5.41 Å². The third kappa shape index (κ3) is 3.47. The first-order valence-electron chi connectivity index (χ1n) is 4.08. The first-order chi connectivity index (χ1) is 6.22. The summed E-state index contributed by atoms with van der Waals surface area (Å²) in [6.45, 7) is 0. The predicted molar refractivity (Wildman–Crippen MR) is 54.5 cm³/mol. The minimum atomic E-state index is 0.315. The van der Waals surface area contributed by atoms with Crippen molar-refractivity contribution in [2.45, 2.75) is 12.8 Å². The fourth-order valence-corrected chi connectivity index (χ4v) is 1.14. The van der Waals surface area contributed by atoms with E-state index in [0.717, 1.165) is 11.4 Å². The SMILES string of the molecule is COC(=N)CCc1ccc(Cl)cc1. The first kappa shape index (κ1) is 10.1. The molecule has 0 spiro atoms. The number of hydrogen-bond acceptors (Lipinski definition) is 2. The number of rotatable bonds is 3. The van der Waals surface area contributed by atoms with Crippen LogP contribution in [0.3, 0.4) is 0 Å². The summed E-state index contributed by atoms with van der Waals surface area (Å²) in [5.41, 5.74) is 1.17. The van der Waals surface area contributed by atoms with Crippen molar-refractivity contribution < 1.29 is 4.74 Å². The lowest BCUT2D eigenvalue weighted by Gasteiger charge is -2.02. The van der Waals surface area contributed by atoms with E-state index in [1.54, 1.807) is 0 Å². The van der Waals surface area contributed by atoms with Crippen LogP contribution in [0.15, 0.2) is 24.3 Å². The van der Waals surface area contributed by atoms with Crippen molar-refractivity contribution in [1.29, 1.82) is 5.41 Å². The van der Waals surface area contributed by atoms with E-state index in [0.29, 0.717) is 12.3 Å². The van der Waals surface area contributed by atoms with Gasteiger partial charge in [-0.3, -0.25) is 5.41 Å². The maximum atomic E-state index is 7.28. The Kier molecular flexibility index (Phi) is 3.77. The van der Waals surface area contributed by atoms with Crippen LogP contribution in [0.2, 0.25) is 5.02 Å².